The first kappa shape index (κ1) is 16.1. The summed E-state index contributed by atoms with van der Waals surface area (Å²) in [5.41, 5.74) is 6.75. The summed E-state index contributed by atoms with van der Waals surface area (Å²) in [7, 11) is 2.30. The Morgan fingerprint density at radius 3 is 2.82 bits per heavy atom. The second-order valence-electron chi connectivity index (χ2n) is 8.34. The number of nitrogens with zero attached hydrogens (tertiary/aromatic N) is 3. The third-order valence-corrected chi connectivity index (χ3v) is 6.82. The first-order valence-corrected chi connectivity index (χ1v) is 10.2. The molecule has 3 heterocycles. The summed E-state index contributed by atoms with van der Waals surface area (Å²) in [6, 6.07) is 20.0. The normalized spacial score (nSPS) is 24.4. The third kappa shape index (κ3) is 2.31. The standard InChI is InChI=1S/C24H24N4/c1-27-15-17(22-10-11-26-28(22)18-6-3-2-4-7-18)12-20-19-8-5-9-21-24(19)16(14-25-21)13-23(20)27/h2-11,14,17,20,23,25H,12-13,15H2,1H3/t17?,20-,23-/m1/s1. The lowest BCUT2D eigenvalue weighted by molar-refractivity contribution is 0.137. The van der Waals surface area contributed by atoms with Gasteiger partial charge in [0.2, 0.25) is 0 Å². The number of benzene rings is 2. The summed E-state index contributed by atoms with van der Waals surface area (Å²) in [6.07, 6.45) is 6.48. The van der Waals surface area contributed by atoms with Gasteiger partial charge in [-0.25, -0.2) is 4.68 Å². The number of H-pyrrole nitrogens is 1. The first-order valence-electron chi connectivity index (χ1n) is 10.2. The van der Waals surface area contributed by atoms with Gasteiger partial charge in [0.25, 0.3) is 0 Å². The second kappa shape index (κ2) is 6.08. The van der Waals surface area contributed by atoms with Crippen molar-refractivity contribution in [3.8, 4) is 5.69 Å². The maximum Gasteiger partial charge on any atom is 0.0648 e. The Balaban J connectivity index is 1.42. The second-order valence-corrected chi connectivity index (χ2v) is 8.34. The number of piperidine rings is 1. The highest BCUT2D eigenvalue weighted by molar-refractivity contribution is 5.88. The van der Waals surface area contributed by atoms with E-state index in [0.717, 1.165) is 18.7 Å². The van der Waals surface area contributed by atoms with Crippen molar-refractivity contribution in [2.45, 2.75) is 30.7 Å². The Kier molecular flexibility index (Phi) is 3.50. The number of hydrogen-bond donors (Lipinski definition) is 1. The maximum atomic E-state index is 4.65. The molecule has 4 nitrogen and oxygen atoms in total. The van der Waals surface area contributed by atoms with Crippen LogP contribution in [0.15, 0.2) is 67.0 Å². The fourth-order valence-electron chi connectivity index (χ4n) is 5.56. The van der Waals surface area contributed by atoms with Crippen LogP contribution in [-0.4, -0.2) is 39.3 Å². The van der Waals surface area contributed by atoms with Gasteiger partial charge in [0, 0.05) is 53.4 Å². The molecule has 0 spiro atoms. The van der Waals surface area contributed by atoms with E-state index in [2.05, 4.69) is 87.5 Å². The van der Waals surface area contributed by atoms with Crippen LogP contribution in [0.3, 0.4) is 0 Å². The highest BCUT2D eigenvalue weighted by Crippen LogP contribution is 2.46. The minimum Gasteiger partial charge on any atom is -0.361 e. The van der Waals surface area contributed by atoms with Crippen molar-refractivity contribution in [3.63, 3.8) is 0 Å². The van der Waals surface area contributed by atoms with Gasteiger partial charge in [-0.2, -0.15) is 5.10 Å². The smallest absolute Gasteiger partial charge is 0.0648 e. The molecule has 0 amide bonds. The molecule has 1 saturated heterocycles. The molecule has 28 heavy (non-hydrogen) atoms. The van der Waals surface area contributed by atoms with Crippen molar-refractivity contribution in [3.05, 3.63) is 83.8 Å². The molecular weight excluding hydrogens is 344 g/mol. The molecule has 4 heteroatoms. The Morgan fingerprint density at radius 1 is 1.04 bits per heavy atom. The Bertz CT molecular complexity index is 1140. The number of likely N-dealkylation sites (tertiary alicyclic amines) is 1. The predicted molar refractivity (Wildman–Crippen MR) is 112 cm³/mol. The number of likely N-dealkylation sites (N-methyl/N-ethyl adjacent to an activating group) is 1. The van der Waals surface area contributed by atoms with E-state index in [1.165, 1.54) is 34.1 Å². The Labute approximate surface area is 164 Å². The lowest BCUT2D eigenvalue weighted by Gasteiger charge is -2.45. The molecule has 1 aliphatic heterocycles. The Morgan fingerprint density at radius 2 is 1.93 bits per heavy atom. The Hall–Kier alpha value is -2.85. The topological polar surface area (TPSA) is 36.9 Å². The minimum absolute atomic E-state index is 0.477. The van der Waals surface area contributed by atoms with Gasteiger partial charge in [-0.15, -0.1) is 0 Å². The summed E-state index contributed by atoms with van der Waals surface area (Å²) >= 11 is 0. The fourth-order valence-corrected chi connectivity index (χ4v) is 5.56. The lowest BCUT2D eigenvalue weighted by Crippen LogP contribution is -2.47. The van der Waals surface area contributed by atoms with E-state index in [0.29, 0.717) is 17.9 Å². The molecule has 3 atom stereocenters. The molecule has 0 radical (unpaired) electrons. The van der Waals surface area contributed by atoms with Gasteiger partial charge in [-0.3, -0.25) is 0 Å². The number of para-hydroxylation sites is 1. The molecule has 0 bridgehead atoms. The quantitative estimate of drug-likeness (QED) is 0.566. The number of aromatic nitrogens is 3. The van der Waals surface area contributed by atoms with E-state index in [1.807, 2.05) is 6.20 Å². The molecule has 2 aromatic heterocycles. The molecule has 0 saturated carbocycles. The van der Waals surface area contributed by atoms with Crippen LogP contribution < -0.4 is 0 Å². The van der Waals surface area contributed by atoms with E-state index in [-0.39, 0.29) is 0 Å². The largest absolute Gasteiger partial charge is 0.361 e. The van der Waals surface area contributed by atoms with Crippen molar-refractivity contribution in [1.29, 1.82) is 0 Å². The average molecular weight is 368 g/mol. The van der Waals surface area contributed by atoms with Crippen molar-refractivity contribution in [2.24, 2.45) is 0 Å². The molecule has 1 aliphatic carbocycles. The van der Waals surface area contributed by atoms with Crippen LogP contribution in [-0.2, 0) is 6.42 Å². The van der Waals surface area contributed by atoms with Gasteiger partial charge in [0.1, 0.15) is 0 Å². The number of fused-ring (bicyclic) bond motifs is 2. The molecule has 6 rings (SSSR count). The van der Waals surface area contributed by atoms with E-state index < -0.39 is 0 Å². The van der Waals surface area contributed by atoms with Crippen LogP contribution in [0.4, 0.5) is 0 Å². The summed E-state index contributed by atoms with van der Waals surface area (Å²) in [5.74, 6) is 1.04. The van der Waals surface area contributed by atoms with Crippen LogP contribution >= 0.6 is 0 Å². The lowest BCUT2D eigenvalue weighted by atomic mass is 9.72. The van der Waals surface area contributed by atoms with Crippen molar-refractivity contribution < 1.29 is 0 Å². The molecule has 2 aromatic carbocycles. The minimum atomic E-state index is 0.477. The van der Waals surface area contributed by atoms with Crippen molar-refractivity contribution in [2.75, 3.05) is 13.6 Å². The van der Waals surface area contributed by atoms with Gasteiger partial charge in [0.15, 0.2) is 0 Å². The summed E-state index contributed by atoms with van der Waals surface area (Å²) < 4.78 is 2.13. The zero-order chi connectivity index (χ0) is 18.7. The zero-order valence-corrected chi connectivity index (χ0v) is 16.0. The highest BCUT2D eigenvalue weighted by Gasteiger charge is 2.40. The summed E-state index contributed by atoms with van der Waals surface area (Å²) in [6.45, 7) is 1.08. The van der Waals surface area contributed by atoms with E-state index >= 15 is 0 Å². The van der Waals surface area contributed by atoms with E-state index in [4.69, 9.17) is 0 Å². The molecule has 1 unspecified atom stereocenters. The number of rotatable bonds is 2. The molecule has 1 N–H and O–H groups in total. The van der Waals surface area contributed by atoms with Gasteiger partial charge in [-0.05, 0) is 55.3 Å². The van der Waals surface area contributed by atoms with Gasteiger partial charge < -0.3 is 9.88 Å². The van der Waals surface area contributed by atoms with Crippen molar-refractivity contribution >= 4 is 10.9 Å². The van der Waals surface area contributed by atoms with Gasteiger partial charge in [0.05, 0.1) is 5.69 Å². The number of hydrogen-bond acceptors (Lipinski definition) is 2. The highest BCUT2D eigenvalue weighted by atomic mass is 15.3. The van der Waals surface area contributed by atoms with E-state index in [1.54, 1.807) is 0 Å². The van der Waals surface area contributed by atoms with E-state index in [9.17, 15) is 0 Å². The fraction of sp³-hybridized carbons (Fsp3) is 0.292. The first-order chi connectivity index (χ1) is 13.8. The number of nitrogens with one attached hydrogen (secondary N) is 1. The monoisotopic (exact) mass is 368 g/mol. The van der Waals surface area contributed by atoms with Crippen LogP contribution in [0.5, 0.6) is 0 Å². The summed E-state index contributed by atoms with van der Waals surface area (Å²) in [4.78, 5) is 6.06. The van der Waals surface area contributed by atoms with Crippen LogP contribution in [0.1, 0.15) is 35.1 Å². The van der Waals surface area contributed by atoms with Crippen molar-refractivity contribution in [1.82, 2.24) is 19.7 Å². The third-order valence-electron chi connectivity index (χ3n) is 6.82. The SMILES string of the molecule is CN1CC(c2ccnn2-c2ccccc2)C[C@@H]2c3cccc4[nH]cc(c34)C[C@H]21. The molecular formula is C24H24N4. The van der Waals surface area contributed by atoms with Crippen LogP contribution in [0, 0.1) is 0 Å². The molecule has 1 fully saturated rings. The molecule has 140 valence electrons. The van der Waals surface area contributed by atoms with Crippen LogP contribution in [0.25, 0.3) is 16.6 Å². The number of aromatic amines is 1. The van der Waals surface area contributed by atoms with Crippen LogP contribution in [0.2, 0.25) is 0 Å². The maximum absolute atomic E-state index is 4.65. The molecule has 4 aromatic rings. The summed E-state index contributed by atoms with van der Waals surface area (Å²) in [5, 5.41) is 6.12. The molecule has 2 aliphatic rings. The van der Waals surface area contributed by atoms with Gasteiger partial charge >= 0.3 is 0 Å². The predicted octanol–water partition coefficient (Wildman–Crippen LogP) is 4.48. The van der Waals surface area contributed by atoms with Gasteiger partial charge in [-0.1, -0.05) is 30.3 Å². The average Bonchev–Trinajstić information content (AvgIpc) is 3.38. The zero-order valence-electron chi connectivity index (χ0n) is 16.0.